The second kappa shape index (κ2) is 5.93. The van der Waals surface area contributed by atoms with E-state index in [0.29, 0.717) is 0 Å². The normalized spacial score (nSPS) is 12.6. The minimum Gasteiger partial charge on any atom is -0.389 e. The van der Waals surface area contributed by atoms with Crippen LogP contribution >= 0.6 is 11.3 Å². The van der Waals surface area contributed by atoms with Gasteiger partial charge in [0, 0.05) is 5.69 Å². The summed E-state index contributed by atoms with van der Waals surface area (Å²) in [5, 5.41) is 2.86. The van der Waals surface area contributed by atoms with Crippen molar-refractivity contribution >= 4 is 50.5 Å². The molecule has 0 bridgehead atoms. The number of anilines is 7. The molecule has 0 saturated heterocycles. The summed E-state index contributed by atoms with van der Waals surface area (Å²) in [7, 11) is 0. The molecule has 0 radical (unpaired) electrons. The summed E-state index contributed by atoms with van der Waals surface area (Å²) in [6.07, 6.45) is 0. The smallest absolute Gasteiger partial charge is 0.110 e. The van der Waals surface area contributed by atoms with Crippen molar-refractivity contribution in [2.75, 3.05) is 15.5 Å². The average Bonchev–Trinajstić information content (AvgIpc) is 3.12. The highest BCUT2D eigenvalue weighted by Crippen LogP contribution is 2.55. The molecule has 0 saturated carbocycles. The minimum absolute atomic E-state index is 0.822. The number of benzene rings is 3. The first-order valence-electron chi connectivity index (χ1n) is 8.51. The van der Waals surface area contributed by atoms with E-state index in [4.69, 9.17) is 5.73 Å². The van der Waals surface area contributed by atoms with Crippen molar-refractivity contribution in [1.82, 2.24) is 0 Å². The molecule has 0 unspecified atom stereocenters. The van der Waals surface area contributed by atoms with Gasteiger partial charge in [-0.2, -0.15) is 0 Å². The Bertz CT molecular complexity index is 1020. The van der Waals surface area contributed by atoms with E-state index >= 15 is 0 Å². The van der Waals surface area contributed by atoms with Gasteiger partial charge in [0.2, 0.25) is 0 Å². The van der Waals surface area contributed by atoms with Gasteiger partial charge in [0.05, 0.1) is 28.4 Å². The van der Waals surface area contributed by atoms with E-state index < -0.39 is 0 Å². The highest BCUT2D eigenvalue weighted by atomic mass is 32.1. The molecule has 26 heavy (non-hydrogen) atoms. The second-order valence-corrected chi connectivity index (χ2v) is 7.10. The maximum absolute atomic E-state index is 6.29. The highest BCUT2D eigenvalue weighted by Gasteiger charge is 2.30. The van der Waals surface area contributed by atoms with E-state index in [1.165, 1.54) is 0 Å². The van der Waals surface area contributed by atoms with Crippen LogP contribution in [0.3, 0.4) is 0 Å². The SMILES string of the molecule is Nc1sccc1N1c2ccccc2N(c2ccccc2)c2ccccc21. The van der Waals surface area contributed by atoms with E-state index in [0.717, 1.165) is 39.1 Å². The molecule has 3 nitrogen and oxygen atoms in total. The van der Waals surface area contributed by atoms with Gasteiger partial charge in [-0.3, -0.25) is 0 Å². The zero-order valence-electron chi connectivity index (χ0n) is 14.0. The van der Waals surface area contributed by atoms with E-state index in [2.05, 4.69) is 88.7 Å². The van der Waals surface area contributed by atoms with E-state index in [-0.39, 0.29) is 0 Å². The lowest BCUT2D eigenvalue weighted by Gasteiger charge is -2.40. The number of nitrogens with two attached hydrogens (primary N) is 1. The van der Waals surface area contributed by atoms with Crippen molar-refractivity contribution in [3.63, 3.8) is 0 Å². The summed E-state index contributed by atoms with van der Waals surface area (Å²) in [4.78, 5) is 4.57. The first kappa shape index (κ1) is 15.0. The van der Waals surface area contributed by atoms with Crippen LogP contribution in [0, 0.1) is 0 Å². The number of thiophene rings is 1. The van der Waals surface area contributed by atoms with E-state index in [1.807, 2.05) is 11.4 Å². The molecule has 0 spiro atoms. The van der Waals surface area contributed by atoms with Gasteiger partial charge in [-0.1, -0.05) is 42.5 Å². The summed E-state index contributed by atoms with van der Waals surface area (Å²) in [6.45, 7) is 0. The van der Waals surface area contributed by atoms with Crippen molar-refractivity contribution in [2.45, 2.75) is 0 Å². The number of fused-ring (bicyclic) bond motifs is 2. The molecule has 1 aliphatic rings. The number of hydrogen-bond donors (Lipinski definition) is 1. The molecule has 126 valence electrons. The Morgan fingerprint density at radius 3 is 1.54 bits per heavy atom. The fraction of sp³-hybridized carbons (Fsp3) is 0. The van der Waals surface area contributed by atoms with Crippen LogP contribution in [-0.4, -0.2) is 0 Å². The molecule has 3 aromatic carbocycles. The van der Waals surface area contributed by atoms with Crippen molar-refractivity contribution in [2.24, 2.45) is 0 Å². The molecule has 1 aliphatic heterocycles. The van der Waals surface area contributed by atoms with Crippen molar-refractivity contribution < 1.29 is 0 Å². The maximum atomic E-state index is 6.29. The maximum Gasteiger partial charge on any atom is 0.110 e. The first-order valence-corrected chi connectivity index (χ1v) is 9.39. The van der Waals surface area contributed by atoms with Crippen LogP contribution < -0.4 is 15.5 Å². The molecule has 0 fully saturated rings. The van der Waals surface area contributed by atoms with Gasteiger partial charge in [-0.15, -0.1) is 11.3 Å². The van der Waals surface area contributed by atoms with Gasteiger partial charge in [-0.05, 0) is 47.8 Å². The second-order valence-electron chi connectivity index (χ2n) is 6.15. The summed E-state index contributed by atoms with van der Waals surface area (Å²) in [6, 6.07) is 29.5. The van der Waals surface area contributed by atoms with Gasteiger partial charge in [0.15, 0.2) is 0 Å². The number of nitrogen functional groups attached to an aromatic ring is 1. The molecule has 4 aromatic rings. The molecule has 2 N–H and O–H groups in total. The first-order chi connectivity index (χ1) is 12.8. The molecule has 2 heterocycles. The summed E-state index contributed by atoms with van der Waals surface area (Å²) >= 11 is 1.57. The Kier molecular flexibility index (Phi) is 3.43. The number of para-hydroxylation sites is 5. The van der Waals surface area contributed by atoms with E-state index in [1.54, 1.807) is 11.3 Å². The monoisotopic (exact) mass is 355 g/mol. The predicted octanol–water partition coefficient (Wildman–Crippen LogP) is 6.58. The van der Waals surface area contributed by atoms with Gasteiger partial charge in [0.25, 0.3) is 0 Å². The third-order valence-electron chi connectivity index (χ3n) is 4.66. The molecule has 5 rings (SSSR count). The lowest BCUT2D eigenvalue weighted by molar-refractivity contribution is 1.17. The zero-order chi connectivity index (χ0) is 17.5. The molecule has 4 heteroatoms. The third-order valence-corrected chi connectivity index (χ3v) is 5.39. The highest BCUT2D eigenvalue weighted by molar-refractivity contribution is 7.14. The van der Waals surface area contributed by atoms with Crippen LogP contribution in [0.15, 0.2) is 90.3 Å². The predicted molar refractivity (Wildman–Crippen MR) is 112 cm³/mol. The molecule has 0 amide bonds. The van der Waals surface area contributed by atoms with Gasteiger partial charge in [0.1, 0.15) is 5.00 Å². The Morgan fingerprint density at radius 1 is 0.538 bits per heavy atom. The average molecular weight is 355 g/mol. The minimum atomic E-state index is 0.822. The zero-order valence-corrected chi connectivity index (χ0v) is 14.9. The largest absolute Gasteiger partial charge is 0.389 e. The molecule has 0 atom stereocenters. The standard InChI is InChI=1S/C22H17N3S/c23-22-21(14-15-26-22)25-19-12-6-4-10-17(19)24(16-8-2-1-3-9-16)18-11-5-7-13-20(18)25/h1-15H,23H2. The Hall–Kier alpha value is -3.24. The van der Waals surface area contributed by atoms with Crippen molar-refractivity contribution in [3.05, 3.63) is 90.3 Å². The number of rotatable bonds is 2. The van der Waals surface area contributed by atoms with Crippen LogP contribution in [0.1, 0.15) is 0 Å². The summed E-state index contributed by atoms with van der Waals surface area (Å²) < 4.78 is 0. The van der Waals surface area contributed by atoms with Crippen LogP contribution in [-0.2, 0) is 0 Å². The number of hydrogen-bond acceptors (Lipinski definition) is 4. The van der Waals surface area contributed by atoms with Crippen molar-refractivity contribution in [3.8, 4) is 0 Å². The fourth-order valence-electron chi connectivity index (χ4n) is 3.56. The Morgan fingerprint density at radius 2 is 1.04 bits per heavy atom. The fourth-order valence-corrected chi connectivity index (χ4v) is 4.18. The van der Waals surface area contributed by atoms with Crippen molar-refractivity contribution in [1.29, 1.82) is 0 Å². The van der Waals surface area contributed by atoms with Crippen LogP contribution in [0.5, 0.6) is 0 Å². The van der Waals surface area contributed by atoms with Gasteiger partial charge >= 0.3 is 0 Å². The molecule has 0 aliphatic carbocycles. The number of nitrogens with zero attached hydrogens (tertiary/aromatic N) is 2. The van der Waals surface area contributed by atoms with Crippen LogP contribution in [0.4, 0.5) is 39.1 Å². The lowest BCUT2D eigenvalue weighted by atomic mass is 10.1. The third kappa shape index (κ3) is 2.20. The molecular formula is C22H17N3S. The molecule has 1 aromatic heterocycles. The summed E-state index contributed by atoms with van der Waals surface area (Å²) in [5.41, 5.74) is 13.0. The lowest BCUT2D eigenvalue weighted by Crippen LogP contribution is -2.23. The van der Waals surface area contributed by atoms with Crippen LogP contribution in [0.2, 0.25) is 0 Å². The van der Waals surface area contributed by atoms with Crippen LogP contribution in [0.25, 0.3) is 0 Å². The topological polar surface area (TPSA) is 32.5 Å². The quantitative estimate of drug-likeness (QED) is 0.388. The molecular weight excluding hydrogens is 338 g/mol. The Labute approximate surface area is 156 Å². The van der Waals surface area contributed by atoms with Gasteiger partial charge in [-0.25, -0.2) is 0 Å². The summed E-state index contributed by atoms with van der Waals surface area (Å²) in [5.74, 6) is 0. The van der Waals surface area contributed by atoms with Gasteiger partial charge < -0.3 is 15.5 Å². The van der Waals surface area contributed by atoms with E-state index in [9.17, 15) is 0 Å². The Balaban J connectivity index is 1.82.